The maximum Gasteiger partial charge on any atom is 0.305 e. The highest BCUT2D eigenvalue weighted by Crippen LogP contribution is 2.38. The number of rotatable bonds is 14. The van der Waals surface area contributed by atoms with E-state index >= 15 is 0 Å². The van der Waals surface area contributed by atoms with Gasteiger partial charge in [0.1, 0.15) is 6.10 Å². The van der Waals surface area contributed by atoms with E-state index in [1.807, 2.05) is 6.08 Å². The van der Waals surface area contributed by atoms with E-state index in [1.165, 1.54) is 19.8 Å². The molecule has 6 nitrogen and oxygen atoms in total. The summed E-state index contributed by atoms with van der Waals surface area (Å²) in [6.45, 7) is 5.69. The van der Waals surface area contributed by atoms with Crippen molar-refractivity contribution in [3.05, 3.63) is 24.3 Å². The number of aliphatic hydroxyl groups excluding tert-OH is 2. The lowest BCUT2D eigenvalue weighted by atomic mass is 9.89. The number of esters is 2. The summed E-state index contributed by atoms with van der Waals surface area (Å²) in [7, 11) is 0. The lowest BCUT2D eigenvalue weighted by Crippen LogP contribution is -2.24. The molecule has 0 unspecified atom stereocenters. The van der Waals surface area contributed by atoms with E-state index in [4.69, 9.17) is 9.47 Å². The molecule has 0 amide bonds. The summed E-state index contributed by atoms with van der Waals surface area (Å²) in [6.07, 6.45) is 13.2. The van der Waals surface area contributed by atoms with Crippen molar-refractivity contribution in [3.8, 4) is 0 Å². The summed E-state index contributed by atoms with van der Waals surface area (Å²) >= 11 is 0. The number of hydrogen-bond acceptors (Lipinski definition) is 6. The molecule has 1 fully saturated rings. The van der Waals surface area contributed by atoms with Gasteiger partial charge in [-0.1, -0.05) is 44.1 Å². The fourth-order valence-electron chi connectivity index (χ4n) is 3.96. The van der Waals surface area contributed by atoms with Gasteiger partial charge < -0.3 is 19.7 Å². The van der Waals surface area contributed by atoms with Crippen LogP contribution in [0.5, 0.6) is 0 Å². The van der Waals surface area contributed by atoms with Crippen LogP contribution in [0.3, 0.4) is 0 Å². The van der Waals surface area contributed by atoms with Gasteiger partial charge in [0, 0.05) is 31.6 Å². The number of unbranched alkanes of at least 4 members (excludes halogenated alkanes) is 3. The third kappa shape index (κ3) is 10.4. The van der Waals surface area contributed by atoms with Crippen molar-refractivity contribution >= 4 is 11.9 Å². The molecule has 0 aromatic heterocycles. The molecule has 6 heteroatoms. The highest BCUT2D eigenvalue weighted by atomic mass is 16.5. The molecule has 2 N–H and O–H groups in total. The van der Waals surface area contributed by atoms with Gasteiger partial charge in [0.15, 0.2) is 0 Å². The fourth-order valence-corrected chi connectivity index (χ4v) is 3.96. The lowest BCUT2D eigenvalue weighted by molar-refractivity contribution is -0.148. The number of hydrogen-bond donors (Lipinski definition) is 2. The maximum atomic E-state index is 11.5. The molecule has 1 rings (SSSR count). The van der Waals surface area contributed by atoms with E-state index < -0.39 is 12.2 Å². The van der Waals surface area contributed by atoms with E-state index in [0.717, 1.165) is 19.3 Å². The monoisotopic (exact) mass is 424 g/mol. The highest BCUT2D eigenvalue weighted by Gasteiger charge is 2.42. The van der Waals surface area contributed by atoms with Gasteiger partial charge in [0.05, 0.1) is 18.8 Å². The van der Waals surface area contributed by atoms with Gasteiger partial charge in [0.2, 0.25) is 0 Å². The Kier molecular flexibility index (Phi) is 13.4. The second-order valence-electron chi connectivity index (χ2n) is 8.04. The molecule has 0 spiro atoms. The third-order valence-electron chi connectivity index (χ3n) is 5.50. The third-order valence-corrected chi connectivity index (χ3v) is 5.50. The summed E-state index contributed by atoms with van der Waals surface area (Å²) in [6, 6.07) is 0. The number of carbonyl (C=O) groups excluding carboxylic acids is 2. The largest absolute Gasteiger partial charge is 0.466 e. The predicted octanol–water partition coefficient (Wildman–Crippen LogP) is 4.09. The Morgan fingerprint density at radius 3 is 2.60 bits per heavy atom. The van der Waals surface area contributed by atoms with Crippen LogP contribution >= 0.6 is 0 Å². The molecule has 5 atom stereocenters. The molecule has 1 aliphatic carbocycles. The van der Waals surface area contributed by atoms with Crippen LogP contribution in [-0.2, 0) is 19.1 Å². The van der Waals surface area contributed by atoms with Gasteiger partial charge in [-0.25, -0.2) is 0 Å². The topological polar surface area (TPSA) is 93.1 Å². The first-order valence-electron chi connectivity index (χ1n) is 11.4. The Labute approximate surface area is 181 Å². The van der Waals surface area contributed by atoms with Crippen LogP contribution in [-0.4, -0.2) is 47.1 Å². The summed E-state index contributed by atoms with van der Waals surface area (Å²) in [4.78, 5) is 22.9. The van der Waals surface area contributed by atoms with Gasteiger partial charge >= 0.3 is 11.9 Å². The molecule has 1 aliphatic rings. The first kappa shape index (κ1) is 26.4. The first-order chi connectivity index (χ1) is 14.4. The number of ether oxygens (including phenoxy) is 2. The molecule has 30 heavy (non-hydrogen) atoms. The van der Waals surface area contributed by atoms with E-state index in [9.17, 15) is 19.8 Å². The minimum absolute atomic E-state index is 0.0192. The zero-order valence-corrected chi connectivity index (χ0v) is 18.8. The van der Waals surface area contributed by atoms with Crippen LogP contribution in [0, 0.1) is 11.8 Å². The summed E-state index contributed by atoms with van der Waals surface area (Å²) in [5.41, 5.74) is 0. The molecule has 0 aromatic carbocycles. The Morgan fingerprint density at radius 1 is 1.17 bits per heavy atom. The number of allylic oxidation sites excluding steroid dienone is 2. The van der Waals surface area contributed by atoms with Crippen molar-refractivity contribution in [2.24, 2.45) is 11.8 Å². The molecule has 0 heterocycles. The maximum absolute atomic E-state index is 11.5. The van der Waals surface area contributed by atoms with Gasteiger partial charge in [-0.15, -0.1) is 0 Å². The van der Waals surface area contributed by atoms with Crippen LogP contribution in [0.4, 0.5) is 0 Å². The van der Waals surface area contributed by atoms with Crippen LogP contribution < -0.4 is 0 Å². The zero-order valence-electron chi connectivity index (χ0n) is 18.8. The van der Waals surface area contributed by atoms with Crippen molar-refractivity contribution in [1.29, 1.82) is 0 Å². The van der Waals surface area contributed by atoms with Crippen molar-refractivity contribution in [3.63, 3.8) is 0 Å². The van der Waals surface area contributed by atoms with Crippen LogP contribution in [0.25, 0.3) is 0 Å². The SMILES string of the molecule is CCCCC/C=C\C[C@@H]1[C@H](/C=C/[C@@H](O)CCCC(=O)OCC)[C@@H](O)C[C@H]1OC(C)=O. The molecular weight excluding hydrogens is 384 g/mol. The average Bonchev–Trinajstić information content (AvgIpc) is 2.96. The first-order valence-corrected chi connectivity index (χ1v) is 11.4. The van der Waals surface area contributed by atoms with Crippen molar-refractivity contribution in [1.82, 2.24) is 0 Å². The van der Waals surface area contributed by atoms with Crippen LogP contribution in [0.2, 0.25) is 0 Å². The predicted molar refractivity (Wildman–Crippen MR) is 117 cm³/mol. The second kappa shape index (κ2) is 15.2. The second-order valence-corrected chi connectivity index (χ2v) is 8.04. The standard InChI is InChI=1S/C24H40O6/c1-4-6-7-8-9-10-13-21-20(22(27)17-23(21)30-18(3)25)16-15-19(26)12-11-14-24(28)29-5-2/h9-10,15-16,19-23,26-27H,4-8,11-14,17H2,1-3H3/b10-9-,16-15+/t19-,20-,21+,22-,23+/m0/s1. The van der Waals surface area contributed by atoms with E-state index in [1.54, 1.807) is 13.0 Å². The molecule has 0 bridgehead atoms. The van der Waals surface area contributed by atoms with Gasteiger partial charge in [-0.05, 0) is 39.0 Å². The Balaban J connectivity index is 2.63. The number of aliphatic hydroxyl groups is 2. The molecule has 172 valence electrons. The van der Waals surface area contributed by atoms with Crippen molar-refractivity contribution < 1.29 is 29.3 Å². The highest BCUT2D eigenvalue weighted by molar-refractivity contribution is 5.69. The lowest BCUT2D eigenvalue weighted by Gasteiger charge is -2.22. The Morgan fingerprint density at radius 2 is 1.93 bits per heavy atom. The minimum atomic E-state index is -0.690. The number of carbonyl (C=O) groups is 2. The van der Waals surface area contributed by atoms with E-state index in [2.05, 4.69) is 19.1 Å². The van der Waals surface area contributed by atoms with E-state index in [-0.39, 0.29) is 36.3 Å². The van der Waals surface area contributed by atoms with Gasteiger partial charge in [-0.2, -0.15) is 0 Å². The normalized spacial score (nSPS) is 25.1. The van der Waals surface area contributed by atoms with Crippen LogP contribution in [0.1, 0.15) is 78.6 Å². The molecule has 0 aliphatic heterocycles. The van der Waals surface area contributed by atoms with Crippen molar-refractivity contribution in [2.75, 3.05) is 6.61 Å². The zero-order chi connectivity index (χ0) is 22.4. The smallest absolute Gasteiger partial charge is 0.305 e. The Hall–Kier alpha value is -1.66. The molecule has 0 aromatic rings. The quantitative estimate of drug-likeness (QED) is 0.248. The van der Waals surface area contributed by atoms with Gasteiger partial charge in [-0.3, -0.25) is 9.59 Å². The molecule has 0 saturated heterocycles. The summed E-state index contributed by atoms with van der Waals surface area (Å²) in [5.74, 6) is -0.800. The fraction of sp³-hybridized carbons (Fsp3) is 0.750. The summed E-state index contributed by atoms with van der Waals surface area (Å²) < 4.78 is 10.3. The summed E-state index contributed by atoms with van der Waals surface area (Å²) in [5, 5.41) is 20.7. The van der Waals surface area contributed by atoms with Crippen LogP contribution in [0.15, 0.2) is 24.3 Å². The van der Waals surface area contributed by atoms with Gasteiger partial charge in [0.25, 0.3) is 0 Å². The molecular formula is C24H40O6. The molecule has 0 radical (unpaired) electrons. The molecule has 1 saturated carbocycles. The Bertz CT molecular complexity index is 556. The van der Waals surface area contributed by atoms with Crippen molar-refractivity contribution in [2.45, 2.75) is 96.9 Å². The van der Waals surface area contributed by atoms with E-state index in [0.29, 0.717) is 25.9 Å². The average molecular weight is 425 g/mol. The minimum Gasteiger partial charge on any atom is -0.466 e.